The van der Waals surface area contributed by atoms with Crippen molar-refractivity contribution in [2.45, 2.75) is 85.2 Å². The first-order valence-corrected chi connectivity index (χ1v) is 22.2. The Labute approximate surface area is 362 Å². The molecule has 4 aliphatic rings. The minimum absolute atomic E-state index is 0. The molecule has 0 radical (unpaired) electrons. The van der Waals surface area contributed by atoms with Crippen molar-refractivity contribution in [3.8, 4) is 16.3 Å². The van der Waals surface area contributed by atoms with Gasteiger partial charge in [-0.15, -0.1) is 11.3 Å². The molecule has 0 aliphatic carbocycles. The molecule has 0 saturated carbocycles. The second-order valence-electron chi connectivity index (χ2n) is 17.8. The number of amides is 2. The maximum absolute atomic E-state index is 12.2. The number of rotatable bonds is 13. The highest BCUT2D eigenvalue weighted by atomic mass is 32.1. The molecule has 4 aliphatic heterocycles. The Balaban J connectivity index is 0.000000264. The number of carbonyl (C=O) groups excluding carboxylic acids is 2. The molecule has 60 heavy (non-hydrogen) atoms. The zero-order valence-corrected chi connectivity index (χ0v) is 37.2. The average molecular weight is 854 g/mol. The fourth-order valence-electron chi connectivity index (χ4n) is 7.14. The van der Waals surface area contributed by atoms with Crippen molar-refractivity contribution < 1.29 is 33.3 Å². The first-order chi connectivity index (χ1) is 28.2. The Bertz CT molecular complexity index is 1770. The van der Waals surface area contributed by atoms with Crippen LogP contribution in [0.2, 0.25) is 0 Å². The molecular weight excluding hydrogens is 783 g/mol. The third-order valence-electron chi connectivity index (χ3n) is 10.7. The predicted octanol–water partition coefficient (Wildman–Crippen LogP) is 6.67. The van der Waals surface area contributed by atoms with E-state index in [2.05, 4.69) is 44.3 Å². The summed E-state index contributed by atoms with van der Waals surface area (Å²) in [5.41, 5.74) is 2.50. The number of hydrogen-bond acceptors (Lipinski definition) is 13. The van der Waals surface area contributed by atoms with E-state index in [1.54, 1.807) is 23.3 Å². The summed E-state index contributed by atoms with van der Waals surface area (Å²) in [5.74, 6) is 0.857. The molecule has 3 aromatic rings. The molecule has 4 fully saturated rings. The standard InChI is InChI=1S/C29H38N4O4S.C15H29N3O3.CH4/c1-29(2,3)37-28(34)32-15-13-31(14-16-32)12-5-17-36-24-19-33(20-24)22-8-6-21(7-9-22)27-30-25-11-10-23(35-4)18-26(25)38-27;1-15(2,3)21-14(19)18-8-6-17(7-9-18)5-4-10-20-13-11-16-12-13;/h6-11,18,24H,5,12-17,19-20H2,1-4H3;13,16H,4-12H2,1-3H3;1H4. The summed E-state index contributed by atoms with van der Waals surface area (Å²) in [4.78, 5) is 39.7. The van der Waals surface area contributed by atoms with Gasteiger partial charge in [-0.05, 0) is 96.8 Å². The molecule has 0 atom stereocenters. The highest BCUT2D eigenvalue weighted by Crippen LogP contribution is 2.34. The van der Waals surface area contributed by atoms with Crippen LogP contribution in [0.4, 0.5) is 15.3 Å². The molecule has 7 rings (SSSR count). The van der Waals surface area contributed by atoms with Crippen LogP contribution in [0.25, 0.3) is 20.8 Å². The lowest BCUT2D eigenvalue weighted by Crippen LogP contribution is -2.52. The minimum atomic E-state index is -0.446. The van der Waals surface area contributed by atoms with E-state index in [1.807, 2.05) is 64.6 Å². The highest BCUT2D eigenvalue weighted by Gasteiger charge is 2.29. The quantitative estimate of drug-likeness (QED) is 0.185. The number of nitrogens with zero attached hydrogens (tertiary/aromatic N) is 6. The lowest BCUT2D eigenvalue weighted by atomic mass is 10.1. The van der Waals surface area contributed by atoms with E-state index < -0.39 is 11.2 Å². The number of methoxy groups -OCH3 is 1. The van der Waals surface area contributed by atoms with Gasteiger partial charge in [-0.3, -0.25) is 9.80 Å². The maximum atomic E-state index is 12.2. The molecule has 0 spiro atoms. The third-order valence-corrected chi connectivity index (χ3v) is 11.7. The van der Waals surface area contributed by atoms with Gasteiger partial charge in [-0.25, -0.2) is 14.6 Å². The SMILES string of the molecule is C.CC(C)(C)OC(=O)N1CCN(CCCOC2CNC2)CC1.COc1ccc2nc(-c3ccc(N4CC(OCCCN5CCN(C(=O)OC(C)(C)C)CC5)C4)cc3)sc2c1. The van der Waals surface area contributed by atoms with Crippen LogP contribution in [0, 0.1) is 0 Å². The number of hydrogen-bond donors (Lipinski definition) is 1. The second kappa shape index (κ2) is 21.9. The Morgan fingerprint density at radius 1 is 0.733 bits per heavy atom. The fourth-order valence-corrected chi connectivity index (χ4v) is 8.14. The smallest absolute Gasteiger partial charge is 0.410 e. The van der Waals surface area contributed by atoms with E-state index in [4.69, 9.17) is 28.7 Å². The van der Waals surface area contributed by atoms with Gasteiger partial charge in [-0.1, -0.05) is 7.43 Å². The van der Waals surface area contributed by atoms with Crippen molar-refractivity contribution in [3.63, 3.8) is 0 Å². The van der Waals surface area contributed by atoms with Gasteiger partial charge in [-0.2, -0.15) is 0 Å². The van der Waals surface area contributed by atoms with Crippen LogP contribution in [0.5, 0.6) is 5.75 Å². The van der Waals surface area contributed by atoms with Gasteiger partial charge in [0.25, 0.3) is 0 Å². The van der Waals surface area contributed by atoms with E-state index in [-0.39, 0.29) is 25.7 Å². The molecule has 14 nitrogen and oxygen atoms in total. The molecule has 2 aromatic carbocycles. The van der Waals surface area contributed by atoms with Crippen LogP contribution in [0.1, 0.15) is 61.8 Å². The van der Waals surface area contributed by atoms with Gasteiger partial charge in [0.2, 0.25) is 0 Å². The number of benzene rings is 2. The molecule has 1 N–H and O–H groups in total. The molecular formula is C45H71N7O7S. The van der Waals surface area contributed by atoms with Gasteiger partial charge >= 0.3 is 12.2 Å². The lowest BCUT2D eigenvalue weighted by Gasteiger charge is -2.41. The zero-order valence-electron chi connectivity index (χ0n) is 36.4. The normalized spacial score (nSPS) is 18.2. The number of piperazine rings is 2. The fraction of sp³-hybridized carbons (Fsp3) is 0.667. The second-order valence-corrected chi connectivity index (χ2v) is 18.8. The first kappa shape index (κ1) is 47.3. The van der Waals surface area contributed by atoms with Crippen LogP contribution in [-0.4, -0.2) is 172 Å². The van der Waals surface area contributed by atoms with Crippen LogP contribution < -0.4 is 15.0 Å². The van der Waals surface area contributed by atoms with Crippen LogP contribution in [0.3, 0.4) is 0 Å². The molecule has 2 amide bonds. The molecule has 4 saturated heterocycles. The molecule has 334 valence electrons. The topological polar surface area (TPSA) is 121 Å². The molecule has 15 heteroatoms. The predicted molar refractivity (Wildman–Crippen MR) is 241 cm³/mol. The zero-order chi connectivity index (χ0) is 42.0. The van der Waals surface area contributed by atoms with Crippen LogP contribution in [-0.2, 0) is 18.9 Å². The largest absolute Gasteiger partial charge is 0.497 e. The van der Waals surface area contributed by atoms with Gasteiger partial charge in [0, 0.05) is 116 Å². The molecule has 0 unspecified atom stereocenters. The average Bonchev–Trinajstić information content (AvgIpc) is 3.59. The Morgan fingerprint density at radius 3 is 1.72 bits per heavy atom. The molecule has 0 bridgehead atoms. The van der Waals surface area contributed by atoms with Crippen molar-refractivity contribution in [1.29, 1.82) is 0 Å². The monoisotopic (exact) mass is 854 g/mol. The van der Waals surface area contributed by atoms with Gasteiger partial charge in [0.15, 0.2) is 0 Å². The van der Waals surface area contributed by atoms with Gasteiger partial charge in [0.1, 0.15) is 22.0 Å². The van der Waals surface area contributed by atoms with Crippen molar-refractivity contribution in [2.24, 2.45) is 0 Å². The Morgan fingerprint density at radius 2 is 1.25 bits per heavy atom. The minimum Gasteiger partial charge on any atom is -0.497 e. The van der Waals surface area contributed by atoms with E-state index in [9.17, 15) is 9.59 Å². The van der Waals surface area contributed by atoms with E-state index in [0.717, 1.165) is 144 Å². The number of carbonyl (C=O) groups is 2. The maximum Gasteiger partial charge on any atom is 0.410 e. The summed E-state index contributed by atoms with van der Waals surface area (Å²) < 4.78 is 29.2. The Hall–Kier alpha value is -3.73. The van der Waals surface area contributed by atoms with Crippen LogP contribution >= 0.6 is 11.3 Å². The third kappa shape index (κ3) is 14.4. The first-order valence-electron chi connectivity index (χ1n) is 21.4. The number of fused-ring (bicyclic) bond motifs is 1. The van der Waals surface area contributed by atoms with Crippen molar-refractivity contribution in [2.75, 3.05) is 117 Å². The van der Waals surface area contributed by atoms with E-state index in [0.29, 0.717) is 6.10 Å². The highest BCUT2D eigenvalue weighted by molar-refractivity contribution is 7.21. The number of ether oxygens (including phenoxy) is 5. The van der Waals surface area contributed by atoms with E-state index in [1.165, 1.54) is 5.69 Å². The van der Waals surface area contributed by atoms with Crippen LogP contribution in [0.15, 0.2) is 42.5 Å². The summed E-state index contributed by atoms with van der Waals surface area (Å²) in [7, 11) is 1.69. The van der Waals surface area contributed by atoms with Gasteiger partial charge in [0.05, 0.1) is 29.5 Å². The lowest BCUT2D eigenvalue weighted by molar-refractivity contribution is 0.00548. The summed E-state index contributed by atoms with van der Waals surface area (Å²) in [5, 5.41) is 4.22. The summed E-state index contributed by atoms with van der Waals surface area (Å²) in [6.07, 6.45) is 2.38. The van der Waals surface area contributed by atoms with Crippen molar-refractivity contribution in [1.82, 2.24) is 29.9 Å². The summed E-state index contributed by atoms with van der Waals surface area (Å²) >= 11 is 1.69. The molecule has 1 aromatic heterocycles. The van der Waals surface area contributed by atoms with Crippen molar-refractivity contribution >= 4 is 39.4 Å². The Kier molecular flexibility index (Phi) is 17.3. The molecule has 5 heterocycles. The summed E-state index contributed by atoms with van der Waals surface area (Å²) in [6.45, 7) is 25.5. The number of thiazole rings is 1. The number of anilines is 1. The number of nitrogens with one attached hydrogen (secondary N) is 1. The van der Waals surface area contributed by atoms with Crippen molar-refractivity contribution in [3.05, 3.63) is 42.5 Å². The van der Waals surface area contributed by atoms with E-state index >= 15 is 0 Å². The number of aromatic nitrogens is 1. The summed E-state index contributed by atoms with van der Waals surface area (Å²) in [6, 6.07) is 14.7. The van der Waals surface area contributed by atoms with Gasteiger partial charge < -0.3 is 43.7 Å².